The number of carbonyl (C=O) groups is 1. The number of rotatable bonds is 5. The van der Waals surface area contributed by atoms with E-state index in [-0.39, 0.29) is 12.5 Å². The Morgan fingerprint density at radius 3 is 2.94 bits per heavy atom. The Hall–Kier alpha value is -1.26. The van der Waals surface area contributed by atoms with Gasteiger partial charge in [0.25, 0.3) is 5.91 Å². The van der Waals surface area contributed by atoms with Gasteiger partial charge in [0.15, 0.2) is 0 Å². The van der Waals surface area contributed by atoms with E-state index in [0.29, 0.717) is 22.7 Å². The molecule has 17 heavy (non-hydrogen) atoms. The molecule has 1 rings (SSSR count). The second-order valence-electron chi connectivity index (χ2n) is 3.89. The lowest BCUT2D eigenvalue weighted by Crippen LogP contribution is -2.32. The van der Waals surface area contributed by atoms with Gasteiger partial charge in [-0.05, 0) is 24.6 Å². The van der Waals surface area contributed by atoms with Crippen LogP contribution in [0.5, 0.6) is 0 Å². The summed E-state index contributed by atoms with van der Waals surface area (Å²) in [7, 11) is 0. The van der Waals surface area contributed by atoms with Crippen molar-refractivity contribution in [3.63, 3.8) is 0 Å². The highest BCUT2D eigenvalue weighted by molar-refractivity contribution is 6.34. The van der Waals surface area contributed by atoms with Crippen LogP contribution in [0.15, 0.2) is 18.2 Å². The number of hydrogen-bond donors (Lipinski definition) is 3. The summed E-state index contributed by atoms with van der Waals surface area (Å²) >= 11 is 5.89. The van der Waals surface area contributed by atoms with Crippen LogP contribution in [-0.4, -0.2) is 23.7 Å². The molecule has 0 fully saturated rings. The second-order valence-corrected chi connectivity index (χ2v) is 4.30. The van der Waals surface area contributed by atoms with E-state index >= 15 is 0 Å². The van der Waals surface area contributed by atoms with Crippen LogP contribution in [0, 0.1) is 0 Å². The molecule has 4 nitrogen and oxygen atoms in total. The molecular weight excluding hydrogens is 240 g/mol. The van der Waals surface area contributed by atoms with Crippen molar-refractivity contribution in [2.24, 2.45) is 0 Å². The van der Waals surface area contributed by atoms with Crippen LogP contribution in [0.4, 0.5) is 5.69 Å². The van der Waals surface area contributed by atoms with Crippen LogP contribution in [0.25, 0.3) is 0 Å². The number of benzene rings is 1. The molecule has 1 aromatic carbocycles. The molecular formula is C12H17ClN2O2. The maximum atomic E-state index is 11.8. The summed E-state index contributed by atoms with van der Waals surface area (Å²) < 4.78 is 0. The predicted molar refractivity (Wildman–Crippen MR) is 69.1 cm³/mol. The van der Waals surface area contributed by atoms with E-state index in [9.17, 15) is 9.90 Å². The van der Waals surface area contributed by atoms with Crippen molar-refractivity contribution in [2.45, 2.75) is 25.9 Å². The molecule has 0 aromatic heterocycles. The fraction of sp³-hybridized carbons (Fsp3) is 0.417. The lowest BCUT2D eigenvalue weighted by Gasteiger charge is -2.11. The first-order valence-corrected chi connectivity index (χ1v) is 5.93. The first-order valence-electron chi connectivity index (χ1n) is 5.56. The standard InChI is InChI=1S/C12H17ClN2O2/c1-2-3-9(16)7-15-12(17)10-6-8(14)4-5-11(10)13/h4-6,9,16H,2-3,7,14H2,1H3,(H,15,17). The van der Waals surface area contributed by atoms with E-state index in [4.69, 9.17) is 17.3 Å². The zero-order valence-electron chi connectivity index (χ0n) is 9.74. The number of halogens is 1. The smallest absolute Gasteiger partial charge is 0.252 e. The van der Waals surface area contributed by atoms with E-state index in [1.54, 1.807) is 12.1 Å². The van der Waals surface area contributed by atoms with Crippen LogP contribution in [-0.2, 0) is 0 Å². The molecule has 94 valence electrons. The van der Waals surface area contributed by atoms with Gasteiger partial charge in [0.1, 0.15) is 0 Å². The molecule has 1 amide bonds. The molecule has 5 heteroatoms. The van der Waals surface area contributed by atoms with Gasteiger partial charge < -0.3 is 16.2 Å². The van der Waals surface area contributed by atoms with E-state index < -0.39 is 6.10 Å². The van der Waals surface area contributed by atoms with Crippen LogP contribution in [0.2, 0.25) is 5.02 Å². The topological polar surface area (TPSA) is 75.3 Å². The van der Waals surface area contributed by atoms with Crippen LogP contribution in [0.3, 0.4) is 0 Å². The average molecular weight is 257 g/mol. The summed E-state index contributed by atoms with van der Waals surface area (Å²) in [5.41, 5.74) is 6.39. The lowest BCUT2D eigenvalue weighted by atomic mass is 10.1. The van der Waals surface area contributed by atoms with Crippen LogP contribution in [0.1, 0.15) is 30.1 Å². The van der Waals surface area contributed by atoms with Gasteiger partial charge in [-0.25, -0.2) is 0 Å². The van der Waals surface area contributed by atoms with Crippen molar-refractivity contribution in [3.8, 4) is 0 Å². The maximum absolute atomic E-state index is 11.8. The minimum Gasteiger partial charge on any atom is -0.399 e. The fourth-order valence-electron chi connectivity index (χ4n) is 1.46. The van der Waals surface area contributed by atoms with E-state index in [2.05, 4.69) is 5.32 Å². The number of anilines is 1. The van der Waals surface area contributed by atoms with Crippen LogP contribution >= 0.6 is 11.6 Å². The molecule has 0 spiro atoms. The number of carbonyl (C=O) groups excluding carboxylic acids is 1. The number of amides is 1. The Morgan fingerprint density at radius 1 is 1.59 bits per heavy atom. The molecule has 0 saturated heterocycles. The van der Waals surface area contributed by atoms with Crippen LogP contribution < -0.4 is 11.1 Å². The zero-order chi connectivity index (χ0) is 12.8. The Labute approximate surface area is 106 Å². The number of nitrogen functional groups attached to an aromatic ring is 1. The van der Waals surface area contributed by atoms with E-state index in [1.165, 1.54) is 6.07 Å². The summed E-state index contributed by atoms with van der Waals surface area (Å²) in [6.45, 7) is 2.19. The van der Waals surface area contributed by atoms with Gasteiger partial charge in [-0.15, -0.1) is 0 Å². The monoisotopic (exact) mass is 256 g/mol. The molecule has 1 unspecified atom stereocenters. The minimum atomic E-state index is -0.524. The van der Waals surface area contributed by atoms with Gasteiger partial charge >= 0.3 is 0 Å². The fourth-order valence-corrected chi connectivity index (χ4v) is 1.66. The van der Waals surface area contributed by atoms with Gasteiger partial charge in [0, 0.05) is 12.2 Å². The molecule has 0 aliphatic heterocycles. The third-order valence-corrected chi connectivity index (χ3v) is 2.68. The highest BCUT2D eigenvalue weighted by Gasteiger charge is 2.12. The third kappa shape index (κ3) is 4.24. The van der Waals surface area contributed by atoms with Crippen molar-refractivity contribution in [2.75, 3.05) is 12.3 Å². The Balaban J connectivity index is 2.61. The lowest BCUT2D eigenvalue weighted by molar-refractivity contribution is 0.0910. The van der Waals surface area contributed by atoms with Crippen molar-refractivity contribution in [1.29, 1.82) is 0 Å². The molecule has 0 aliphatic rings. The normalized spacial score (nSPS) is 12.2. The minimum absolute atomic E-state index is 0.220. The molecule has 0 bridgehead atoms. The summed E-state index contributed by atoms with van der Waals surface area (Å²) in [5.74, 6) is -0.322. The quantitative estimate of drug-likeness (QED) is 0.704. The van der Waals surface area contributed by atoms with E-state index in [1.807, 2.05) is 6.92 Å². The molecule has 1 aromatic rings. The third-order valence-electron chi connectivity index (χ3n) is 2.36. The summed E-state index contributed by atoms with van der Waals surface area (Å²) in [4.78, 5) is 11.8. The van der Waals surface area contributed by atoms with Crippen molar-refractivity contribution in [1.82, 2.24) is 5.32 Å². The molecule has 0 radical (unpaired) electrons. The average Bonchev–Trinajstić information content (AvgIpc) is 2.29. The van der Waals surface area contributed by atoms with Gasteiger partial charge in [0.05, 0.1) is 16.7 Å². The number of aliphatic hydroxyl groups is 1. The predicted octanol–water partition coefficient (Wildman–Crippen LogP) is 1.81. The van der Waals surface area contributed by atoms with E-state index in [0.717, 1.165) is 6.42 Å². The largest absolute Gasteiger partial charge is 0.399 e. The van der Waals surface area contributed by atoms with Gasteiger partial charge in [-0.3, -0.25) is 4.79 Å². The first kappa shape index (κ1) is 13.8. The zero-order valence-corrected chi connectivity index (χ0v) is 10.5. The molecule has 0 aliphatic carbocycles. The Morgan fingerprint density at radius 2 is 2.29 bits per heavy atom. The molecule has 0 heterocycles. The number of aliphatic hydroxyl groups excluding tert-OH is 1. The highest BCUT2D eigenvalue weighted by Crippen LogP contribution is 2.18. The summed E-state index contributed by atoms with van der Waals surface area (Å²) in [5, 5.41) is 12.5. The number of nitrogens with one attached hydrogen (secondary N) is 1. The molecule has 0 saturated carbocycles. The van der Waals surface area contributed by atoms with Crippen molar-refractivity contribution < 1.29 is 9.90 Å². The molecule has 4 N–H and O–H groups in total. The Bertz CT molecular complexity index is 396. The summed E-state index contributed by atoms with van der Waals surface area (Å²) in [6, 6.07) is 4.73. The highest BCUT2D eigenvalue weighted by atomic mass is 35.5. The summed E-state index contributed by atoms with van der Waals surface area (Å²) in [6.07, 6.45) is 1.00. The SMILES string of the molecule is CCCC(O)CNC(=O)c1cc(N)ccc1Cl. The molecule has 1 atom stereocenters. The number of nitrogens with two attached hydrogens (primary N) is 1. The second kappa shape index (κ2) is 6.47. The van der Waals surface area contributed by atoms with Crippen molar-refractivity contribution >= 4 is 23.2 Å². The Kier molecular flexibility index (Phi) is 5.25. The van der Waals surface area contributed by atoms with Gasteiger partial charge in [-0.1, -0.05) is 24.9 Å². The number of hydrogen-bond acceptors (Lipinski definition) is 3. The van der Waals surface area contributed by atoms with Gasteiger partial charge in [0.2, 0.25) is 0 Å². The van der Waals surface area contributed by atoms with Gasteiger partial charge in [-0.2, -0.15) is 0 Å². The van der Waals surface area contributed by atoms with Crippen molar-refractivity contribution in [3.05, 3.63) is 28.8 Å². The maximum Gasteiger partial charge on any atom is 0.252 e. The first-order chi connectivity index (χ1) is 8.04.